The molecule has 0 unspecified atom stereocenters. The maximum atomic E-state index is 10.5. The monoisotopic (exact) mass is 192 g/mol. The van der Waals surface area contributed by atoms with Crippen LogP contribution < -0.4 is 5.01 Å². The van der Waals surface area contributed by atoms with E-state index < -0.39 is 5.97 Å². The molecule has 0 aromatic heterocycles. The van der Waals surface area contributed by atoms with Crippen molar-refractivity contribution in [1.82, 2.24) is 0 Å². The van der Waals surface area contributed by atoms with Crippen molar-refractivity contribution in [2.45, 2.75) is 6.92 Å². The Morgan fingerprint density at radius 1 is 1.36 bits per heavy atom. The molecule has 4 nitrogen and oxygen atoms in total. The fourth-order valence-electron chi connectivity index (χ4n) is 0.969. The molecule has 0 aliphatic carbocycles. The van der Waals surface area contributed by atoms with Crippen molar-refractivity contribution in [3.63, 3.8) is 0 Å². The van der Waals surface area contributed by atoms with E-state index in [1.807, 2.05) is 30.3 Å². The van der Waals surface area contributed by atoms with E-state index in [-0.39, 0.29) is 5.71 Å². The third kappa shape index (κ3) is 2.58. The van der Waals surface area contributed by atoms with Gasteiger partial charge in [-0.3, -0.25) is 5.01 Å². The quantitative estimate of drug-likeness (QED) is 0.584. The molecule has 0 amide bonds. The standard InChI is InChI=1S/C10H12N2O2/c1-8(10(13)14)11-12(2)9-6-4-3-5-7-9/h3-7H,1-2H3,(H,13,14)/b11-8-. The third-order valence-electron chi connectivity index (χ3n) is 1.74. The molecule has 0 saturated carbocycles. The van der Waals surface area contributed by atoms with Crippen LogP contribution in [0.1, 0.15) is 6.92 Å². The zero-order valence-corrected chi connectivity index (χ0v) is 8.14. The van der Waals surface area contributed by atoms with Gasteiger partial charge in [-0.15, -0.1) is 0 Å². The van der Waals surface area contributed by atoms with Gasteiger partial charge in [-0.1, -0.05) is 18.2 Å². The van der Waals surface area contributed by atoms with Gasteiger partial charge in [0.05, 0.1) is 5.69 Å². The van der Waals surface area contributed by atoms with E-state index in [0.29, 0.717) is 0 Å². The van der Waals surface area contributed by atoms with Crippen LogP contribution in [0.25, 0.3) is 0 Å². The molecule has 0 aliphatic rings. The lowest BCUT2D eigenvalue weighted by molar-refractivity contribution is -0.129. The van der Waals surface area contributed by atoms with E-state index in [4.69, 9.17) is 5.11 Å². The number of hydrazone groups is 1. The van der Waals surface area contributed by atoms with Gasteiger partial charge in [-0.25, -0.2) is 4.79 Å². The van der Waals surface area contributed by atoms with Crippen LogP contribution in [0, 0.1) is 0 Å². The molecule has 0 radical (unpaired) electrons. The number of anilines is 1. The zero-order chi connectivity index (χ0) is 10.6. The van der Waals surface area contributed by atoms with Crippen molar-refractivity contribution < 1.29 is 9.90 Å². The molecule has 1 N–H and O–H groups in total. The topological polar surface area (TPSA) is 52.9 Å². The minimum absolute atomic E-state index is 0.0661. The second kappa shape index (κ2) is 4.41. The molecule has 0 saturated heterocycles. The van der Waals surface area contributed by atoms with Crippen LogP contribution in [-0.2, 0) is 4.79 Å². The van der Waals surface area contributed by atoms with Gasteiger partial charge in [0, 0.05) is 7.05 Å². The Bertz CT molecular complexity index is 346. The normalized spacial score (nSPS) is 11.1. The number of hydrogen-bond acceptors (Lipinski definition) is 3. The molecule has 1 rings (SSSR count). The van der Waals surface area contributed by atoms with Gasteiger partial charge < -0.3 is 5.11 Å². The first-order valence-electron chi connectivity index (χ1n) is 4.18. The maximum Gasteiger partial charge on any atom is 0.351 e. The lowest BCUT2D eigenvalue weighted by Gasteiger charge is -2.12. The minimum atomic E-state index is -1.01. The fourth-order valence-corrected chi connectivity index (χ4v) is 0.969. The molecule has 0 bridgehead atoms. The van der Waals surface area contributed by atoms with E-state index in [0.717, 1.165) is 5.69 Å². The number of para-hydroxylation sites is 1. The summed E-state index contributed by atoms with van der Waals surface area (Å²) in [4.78, 5) is 10.5. The Morgan fingerprint density at radius 2 is 1.93 bits per heavy atom. The Labute approximate surface area is 82.5 Å². The number of carboxylic acids is 1. The number of rotatable bonds is 3. The van der Waals surface area contributed by atoms with Crippen LogP contribution in [0.3, 0.4) is 0 Å². The SMILES string of the molecule is C/C(=N/N(C)c1ccccc1)C(=O)O. The first-order chi connectivity index (χ1) is 6.61. The first kappa shape index (κ1) is 10.2. The molecule has 0 heterocycles. The Hall–Kier alpha value is -1.84. The summed E-state index contributed by atoms with van der Waals surface area (Å²) in [6.07, 6.45) is 0. The van der Waals surface area contributed by atoms with E-state index in [2.05, 4.69) is 5.10 Å². The average molecular weight is 192 g/mol. The van der Waals surface area contributed by atoms with Crippen LogP contribution in [-0.4, -0.2) is 23.8 Å². The molecule has 14 heavy (non-hydrogen) atoms. The van der Waals surface area contributed by atoms with Crippen LogP contribution in [0.15, 0.2) is 35.4 Å². The lowest BCUT2D eigenvalue weighted by atomic mass is 10.3. The van der Waals surface area contributed by atoms with Crippen molar-refractivity contribution in [1.29, 1.82) is 0 Å². The second-order valence-electron chi connectivity index (χ2n) is 2.85. The van der Waals surface area contributed by atoms with Gasteiger partial charge in [0.25, 0.3) is 0 Å². The van der Waals surface area contributed by atoms with Crippen LogP contribution in [0.5, 0.6) is 0 Å². The zero-order valence-electron chi connectivity index (χ0n) is 8.14. The molecular formula is C10H12N2O2. The van der Waals surface area contributed by atoms with Crippen molar-refractivity contribution >= 4 is 17.4 Å². The fraction of sp³-hybridized carbons (Fsp3) is 0.200. The van der Waals surface area contributed by atoms with Gasteiger partial charge in [-0.2, -0.15) is 5.10 Å². The smallest absolute Gasteiger partial charge is 0.351 e. The molecule has 1 aromatic rings. The number of carboxylic acid groups (broad SMARTS) is 1. The summed E-state index contributed by atoms with van der Waals surface area (Å²) in [6.45, 7) is 1.46. The Morgan fingerprint density at radius 3 is 2.43 bits per heavy atom. The summed E-state index contributed by atoms with van der Waals surface area (Å²) in [5.74, 6) is -1.01. The van der Waals surface area contributed by atoms with Crippen molar-refractivity contribution in [3.05, 3.63) is 30.3 Å². The number of hydrogen-bond donors (Lipinski definition) is 1. The molecule has 0 fully saturated rings. The molecular weight excluding hydrogens is 180 g/mol. The highest BCUT2D eigenvalue weighted by molar-refractivity contribution is 6.34. The Balaban J connectivity index is 2.82. The predicted molar refractivity (Wildman–Crippen MR) is 55.6 cm³/mol. The number of carbonyl (C=O) groups is 1. The van der Waals surface area contributed by atoms with E-state index in [9.17, 15) is 4.79 Å². The van der Waals surface area contributed by atoms with Crippen molar-refractivity contribution in [3.8, 4) is 0 Å². The summed E-state index contributed by atoms with van der Waals surface area (Å²) >= 11 is 0. The van der Waals surface area contributed by atoms with Gasteiger partial charge in [0.1, 0.15) is 5.71 Å². The predicted octanol–water partition coefficient (Wildman–Crippen LogP) is 1.58. The molecule has 0 spiro atoms. The summed E-state index contributed by atoms with van der Waals surface area (Å²) in [7, 11) is 1.71. The summed E-state index contributed by atoms with van der Waals surface area (Å²) < 4.78 is 0. The van der Waals surface area contributed by atoms with Gasteiger partial charge in [-0.05, 0) is 19.1 Å². The molecule has 4 heteroatoms. The molecule has 74 valence electrons. The molecule has 1 aromatic carbocycles. The average Bonchev–Trinajstić information content (AvgIpc) is 2.19. The minimum Gasteiger partial charge on any atom is -0.477 e. The third-order valence-corrected chi connectivity index (χ3v) is 1.74. The van der Waals surface area contributed by atoms with Gasteiger partial charge in [0.2, 0.25) is 0 Å². The second-order valence-corrected chi connectivity index (χ2v) is 2.85. The van der Waals surface area contributed by atoms with E-state index in [1.165, 1.54) is 11.9 Å². The Kier molecular flexibility index (Phi) is 3.23. The highest BCUT2D eigenvalue weighted by Crippen LogP contribution is 2.10. The number of nitrogens with zero attached hydrogens (tertiary/aromatic N) is 2. The highest BCUT2D eigenvalue weighted by atomic mass is 16.4. The van der Waals surface area contributed by atoms with Gasteiger partial charge in [0.15, 0.2) is 0 Å². The number of aliphatic carboxylic acids is 1. The summed E-state index contributed by atoms with van der Waals surface area (Å²) in [5, 5.41) is 14.0. The van der Waals surface area contributed by atoms with Crippen LogP contribution in [0.2, 0.25) is 0 Å². The van der Waals surface area contributed by atoms with Crippen molar-refractivity contribution in [2.24, 2.45) is 5.10 Å². The maximum absolute atomic E-state index is 10.5. The van der Waals surface area contributed by atoms with Crippen molar-refractivity contribution in [2.75, 3.05) is 12.1 Å². The lowest BCUT2D eigenvalue weighted by Crippen LogP contribution is -2.16. The molecule has 0 atom stereocenters. The molecule has 0 aliphatic heterocycles. The largest absolute Gasteiger partial charge is 0.477 e. The van der Waals surface area contributed by atoms with Crippen LogP contribution >= 0.6 is 0 Å². The number of benzene rings is 1. The first-order valence-corrected chi connectivity index (χ1v) is 4.18. The van der Waals surface area contributed by atoms with E-state index in [1.54, 1.807) is 7.05 Å². The van der Waals surface area contributed by atoms with E-state index >= 15 is 0 Å². The van der Waals surface area contributed by atoms with Crippen LogP contribution in [0.4, 0.5) is 5.69 Å². The summed E-state index contributed by atoms with van der Waals surface area (Å²) in [6, 6.07) is 9.36. The summed E-state index contributed by atoms with van der Waals surface area (Å²) in [5.41, 5.74) is 0.921. The highest BCUT2D eigenvalue weighted by Gasteiger charge is 2.04. The van der Waals surface area contributed by atoms with Gasteiger partial charge >= 0.3 is 5.97 Å².